The molecule has 5 aromatic rings. The third-order valence-electron chi connectivity index (χ3n) is 7.21. The molecule has 2 unspecified atom stereocenters. The van der Waals surface area contributed by atoms with Crippen molar-refractivity contribution in [1.82, 2.24) is 29.5 Å². The normalized spacial score (nSPS) is 17.2. The smallest absolute Gasteiger partial charge is 0.410 e. The summed E-state index contributed by atoms with van der Waals surface area (Å²) in [5.41, 5.74) is 5.12. The Morgan fingerprint density at radius 2 is 1.57 bits per heavy atom. The number of hydrogen-bond acceptors (Lipinski definition) is 7. The highest BCUT2D eigenvalue weighted by Crippen LogP contribution is 2.31. The molecule has 5 heterocycles. The van der Waals surface area contributed by atoms with Crippen LogP contribution in [0.4, 0.5) is 10.6 Å². The van der Waals surface area contributed by atoms with Gasteiger partial charge in [0.25, 0.3) is 0 Å². The molecule has 9 nitrogen and oxygen atoms in total. The van der Waals surface area contributed by atoms with Crippen LogP contribution in [0.3, 0.4) is 0 Å². The van der Waals surface area contributed by atoms with Crippen LogP contribution >= 0.6 is 0 Å². The molecule has 0 N–H and O–H groups in total. The Labute approximate surface area is 247 Å². The van der Waals surface area contributed by atoms with Crippen LogP contribution in [0, 0.1) is 0 Å². The lowest BCUT2D eigenvalue weighted by atomic mass is 10.0. The van der Waals surface area contributed by atoms with Crippen LogP contribution in [0.15, 0.2) is 73.4 Å². The molecule has 9 heteroatoms. The Balaban J connectivity index is 0.00000173. The number of piperazine rings is 1. The standard InChI is InChI=1S/C31H33N7O2.C2H6/c1-20-17-36(30(39)40-31(3,4)5)18-21(2)38(20)28-11-10-22(14-33-28)23-15-34-29-26(16-35-37(29)19-23)24-12-13-32-27-9-7-6-8-25(24)27;1-2/h6-16,19-21H,17-18H2,1-5H3;1-2H3. The van der Waals surface area contributed by atoms with Crippen molar-refractivity contribution in [3.8, 4) is 22.3 Å². The number of aromatic nitrogens is 5. The lowest BCUT2D eigenvalue weighted by molar-refractivity contribution is 0.0192. The third-order valence-corrected chi connectivity index (χ3v) is 7.21. The number of benzene rings is 1. The molecule has 0 spiro atoms. The van der Waals surface area contributed by atoms with Gasteiger partial charge in [0.1, 0.15) is 11.4 Å². The summed E-state index contributed by atoms with van der Waals surface area (Å²) in [7, 11) is 0. The quantitative estimate of drug-likeness (QED) is 0.236. The van der Waals surface area contributed by atoms with Crippen LogP contribution in [-0.2, 0) is 4.74 Å². The van der Waals surface area contributed by atoms with Crippen LogP contribution in [0.25, 0.3) is 38.8 Å². The molecule has 1 amide bonds. The van der Waals surface area contributed by atoms with Gasteiger partial charge in [-0.25, -0.2) is 19.3 Å². The molecule has 0 bridgehead atoms. The number of amides is 1. The molecule has 0 saturated carbocycles. The first-order valence-corrected chi connectivity index (χ1v) is 14.6. The summed E-state index contributed by atoms with van der Waals surface area (Å²) >= 11 is 0. The van der Waals surface area contributed by atoms with Gasteiger partial charge in [-0.05, 0) is 64.4 Å². The van der Waals surface area contributed by atoms with Crippen molar-refractivity contribution in [2.75, 3.05) is 18.0 Å². The zero-order chi connectivity index (χ0) is 30.0. The molecule has 1 aromatic carbocycles. The van der Waals surface area contributed by atoms with Gasteiger partial charge < -0.3 is 14.5 Å². The molecule has 1 aliphatic rings. The molecule has 1 fully saturated rings. The predicted octanol–water partition coefficient (Wildman–Crippen LogP) is 6.87. The van der Waals surface area contributed by atoms with Gasteiger partial charge in [0.15, 0.2) is 5.65 Å². The van der Waals surface area contributed by atoms with Crippen molar-refractivity contribution in [2.45, 2.75) is 66.2 Å². The van der Waals surface area contributed by atoms with Crippen molar-refractivity contribution in [3.05, 3.63) is 73.4 Å². The van der Waals surface area contributed by atoms with E-state index in [1.54, 1.807) is 4.90 Å². The lowest BCUT2D eigenvalue weighted by Gasteiger charge is -2.45. The maximum Gasteiger partial charge on any atom is 0.410 e. The molecular formula is C33H39N7O2. The van der Waals surface area contributed by atoms with E-state index in [1.165, 1.54) is 0 Å². The summed E-state index contributed by atoms with van der Waals surface area (Å²) in [6.07, 6.45) is 9.13. The zero-order valence-corrected chi connectivity index (χ0v) is 25.4. The predicted molar refractivity (Wildman–Crippen MR) is 168 cm³/mol. The third kappa shape index (κ3) is 5.77. The fraction of sp³-hybridized carbons (Fsp3) is 0.364. The Bertz CT molecular complexity index is 1670. The van der Waals surface area contributed by atoms with E-state index in [-0.39, 0.29) is 18.2 Å². The van der Waals surface area contributed by atoms with E-state index >= 15 is 0 Å². The van der Waals surface area contributed by atoms with Crippen molar-refractivity contribution < 1.29 is 9.53 Å². The summed E-state index contributed by atoms with van der Waals surface area (Å²) < 4.78 is 7.41. The summed E-state index contributed by atoms with van der Waals surface area (Å²) in [4.78, 5) is 30.8. The Morgan fingerprint density at radius 1 is 0.857 bits per heavy atom. The van der Waals surface area contributed by atoms with E-state index in [0.29, 0.717) is 13.1 Å². The van der Waals surface area contributed by atoms with Crippen LogP contribution in [0.1, 0.15) is 48.5 Å². The lowest BCUT2D eigenvalue weighted by Crippen LogP contribution is -2.59. The fourth-order valence-electron chi connectivity index (χ4n) is 5.50. The van der Waals surface area contributed by atoms with Crippen LogP contribution < -0.4 is 4.90 Å². The molecule has 2 atom stereocenters. The maximum atomic E-state index is 12.6. The summed E-state index contributed by atoms with van der Waals surface area (Å²) in [5, 5.41) is 5.68. The van der Waals surface area contributed by atoms with E-state index < -0.39 is 5.60 Å². The number of pyridine rings is 2. The van der Waals surface area contributed by atoms with E-state index in [9.17, 15) is 4.79 Å². The highest BCUT2D eigenvalue weighted by molar-refractivity contribution is 5.97. The molecule has 218 valence electrons. The van der Waals surface area contributed by atoms with Crippen LogP contribution in [-0.4, -0.2) is 66.3 Å². The summed E-state index contributed by atoms with van der Waals surface area (Å²) in [6, 6.07) is 14.4. The van der Waals surface area contributed by atoms with Crippen LogP contribution in [0.5, 0.6) is 0 Å². The average Bonchev–Trinajstić information content (AvgIpc) is 3.40. The molecule has 0 aliphatic carbocycles. The minimum atomic E-state index is -0.513. The van der Waals surface area contributed by atoms with Gasteiger partial charge in [0, 0.05) is 72.0 Å². The number of nitrogens with zero attached hydrogens (tertiary/aromatic N) is 7. The first-order chi connectivity index (χ1) is 20.2. The maximum absolute atomic E-state index is 12.6. The number of carbonyl (C=O) groups excluding carboxylic acids is 1. The highest BCUT2D eigenvalue weighted by Gasteiger charge is 2.34. The van der Waals surface area contributed by atoms with Gasteiger partial charge in [-0.2, -0.15) is 5.10 Å². The molecular weight excluding hydrogens is 526 g/mol. The second kappa shape index (κ2) is 11.8. The number of ether oxygens (including phenoxy) is 1. The fourth-order valence-corrected chi connectivity index (χ4v) is 5.50. The van der Waals surface area contributed by atoms with E-state index in [4.69, 9.17) is 14.7 Å². The number of rotatable bonds is 3. The summed E-state index contributed by atoms with van der Waals surface area (Å²) in [5.74, 6) is 0.882. The molecule has 1 saturated heterocycles. The van der Waals surface area contributed by atoms with Gasteiger partial charge in [-0.1, -0.05) is 32.0 Å². The first-order valence-electron chi connectivity index (χ1n) is 14.6. The van der Waals surface area contributed by atoms with E-state index in [1.807, 2.05) is 100 Å². The Hall–Kier alpha value is -4.53. The topological polar surface area (TPSA) is 88.8 Å². The van der Waals surface area contributed by atoms with Crippen molar-refractivity contribution in [3.63, 3.8) is 0 Å². The second-order valence-corrected chi connectivity index (χ2v) is 11.4. The van der Waals surface area contributed by atoms with Gasteiger partial charge in [-0.3, -0.25) is 4.98 Å². The molecule has 4 aromatic heterocycles. The van der Waals surface area contributed by atoms with Gasteiger partial charge in [0.05, 0.1) is 11.7 Å². The largest absolute Gasteiger partial charge is 0.444 e. The second-order valence-electron chi connectivity index (χ2n) is 11.4. The first kappa shape index (κ1) is 29.0. The van der Waals surface area contributed by atoms with Crippen molar-refractivity contribution >= 4 is 28.5 Å². The number of carbonyl (C=O) groups is 1. The van der Waals surface area contributed by atoms with Crippen molar-refractivity contribution in [2.24, 2.45) is 0 Å². The van der Waals surface area contributed by atoms with Crippen molar-refractivity contribution in [1.29, 1.82) is 0 Å². The molecule has 42 heavy (non-hydrogen) atoms. The van der Waals surface area contributed by atoms with Gasteiger partial charge in [-0.15, -0.1) is 0 Å². The van der Waals surface area contributed by atoms with E-state index in [0.717, 1.165) is 44.6 Å². The Kier molecular flexibility index (Phi) is 8.11. The number of anilines is 1. The minimum absolute atomic E-state index is 0.0967. The van der Waals surface area contributed by atoms with Gasteiger partial charge >= 0.3 is 6.09 Å². The monoisotopic (exact) mass is 565 g/mol. The number of para-hydroxylation sites is 1. The average molecular weight is 566 g/mol. The SMILES string of the molecule is CC.CC1CN(C(=O)OC(C)(C)C)CC(C)N1c1ccc(-c2cnc3c(-c4ccnc5ccccc45)cnn3c2)cn1. The zero-order valence-electron chi connectivity index (χ0n) is 25.4. The van der Waals surface area contributed by atoms with Crippen LogP contribution in [0.2, 0.25) is 0 Å². The molecule has 6 rings (SSSR count). The highest BCUT2D eigenvalue weighted by atomic mass is 16.6. The number of fused-ring (bicyclic) bond motifs is 2. The Morgan fingerprint density at radius 3 is 2.26 bits per heavy atom. The molecule has 0 radical (unpaired) electrons. The van der Waals surface area contributed by atoms with Gasteiger partial charge in [0.2, 0.25) is 0 Å². The minimum Gasteiger partial charge on any atom is -0.444 e. The molecule has 1 aliphatic heterocycles. The number of hydrogen-bond donors (Lipinski definition) is 0. The van der Waals surface area contributed by atoms with E-state index in [2.05, 4.69) is 41.0 Å². The summed E-state index contributed by atoms with van der Waals surface area (Å²) in [6.45, 7) is 15.1.